The molecule has 15 heavy (non-hydrogen) atoms. The van der Waals surface area contributed by atoms with Crippen LogP contribution in [0.1, 0.15) is 32.1 Å². The summed E-state index contributed by atoms with van der Waals surface area (Å²) in [7, 11) is 0. The molecule has 1 aliphatic carbocycles. The second kappa shape index (κ2) is 6.97. The van der Waals surface area contributed by atoms with Gasteiger partial charge >= 0.3 is 11.9 Å². The van der Waals surface area contributed by atoms with Gasteiger partial charge in [0.1, 0.15) is 0 Å². The maximum Gasteiger partial charge on any atom is 0.332 e. The van der Waals surface area contributed by atoms with Crippen LogP contribution in [0.3, 0.4) is 0 Å². The van der Waals surface area contributed by atoms with Crippen molar-refractivity contribution in [2.45, 2.75) is 32.1 Å². The minimum absolute atomic E-state index is 0. The number of rotatable bonds is 3. The molecule has 1 rings (SSSR count). The minimum atomic E-state index is -1.17. The maximum absolute atomic E-state index is 10.8. The first-order valence-electron chi connectivity index (χ1n) is 4.79. The molecule has 2 N–H and O–H groups in total. The third-order valence-electron chi connectivity index (χ3n) is 2.57. The van der Waals surface area contributed by atoms with E-state index in [0.29, 0.717) is 0 Å². The number of carbonyl (C=O) groups is 2. The van der Waals surface area contributed by atoms with Crippen LogP contribution in [-0.2, 0) is 36.9 Å². The van der Waals surface area contributed by atoms with Gasteiger partial charge in [0.25, 0.3) is 0 Å². The maximum atomic E-state index is 10.8. The number of hydrogen-bond donors (Lipinski definition) is 2. The quantitative estimate of drug-likeness (QED) is 0.614. The molecule has 1 saturated carbocycles. The Morgan fingerprint density at radius 1 is 1.07 bits per heavy atom. The van der Waals surface area contributed by atoms with Crippen molar-refractivity contribution >= 4 is 11.9 Å². The summed E-state index contributed by atoms with van der Waals surface area (Å²) < 4.78 is 0. The Bertz CT molecular complexity index is 267. The van der Waals surface area contributed by atoms with E-state index in [2.05, 4.69) is 0 Å². The number of aliphatic carboxylic acids is 2. The van der Waals surface area contributed by atoms with E-state index in [9.17, 15) is 9.59 Å². The van der Waals surface area contributed by atoms with Crippen molar-refractivity contribution in [3.63, 3.8) is 0 Å². The van der Waals surface area contributed by atoms with Crippen LogP contribution in [0.15, 0.2) is 11.6 Å². The molecule has 0 aromatic carbocycles. The Morgan fingerprint density at radius 3 is 2.00 bits per heavy atom. The largest absolute Gasteiger partial charge is 0.478 e. The summed E-state index contributed by atoms with van der Waals surface area (Å²) >= 11 is 0. The van der Waals surface area contributed by atoms with Crippen molar-refractivity contribution in [3.8, 4) is 0 Å². The number of carboxylic acid groups (broad SMARTS) is 2. The van der Waals surface area contributed by atoms with E-state index < -0.39 is 11.9 Å². The molecule has 0 heterocycles. The van der Waals surface area contributed by atoms with Gasteiger partial charge in [0.05, 0.1) is 0 Å². The zero-order valence-electron chi connectivity index (χ0n) is 8.61. The molecule has 0 aliphatic heterocycles. The molecule has 0 radical (unpaired) electrons. The number of hydrogen-bond acceptors (Lipinski definition) is 2. The van der Waals surface area contributed by atoms with Crippen molar-refractivity contribution in [3.05, 3.63) is 11.6 Å². The molecule has 0 bridgehead atoms. The van der Waals surface area contributed by atoms with E-state index in [0.717, 1.165) is 38.2 Å². The van der Waals surface area contributed by atoms with Crippen molar-refractivity contribution in [1.29, 1.82) is 0 Å². The van der Waals surface area contributed by atoms with Crippen LogP contribution in [0, 0.1) is 5.92 Å². The fourth-order valence-corrected chi connectivity index (χ4v) is 1.90. The Kier molecular flexibility index (Phi) is 6.79. The first-order chi connectivity index (χ1) is 6.61. The van der Waals surface area contributed by atoms with Gasteiger partial charge in [0, 0.05) is 38.9 Å². The molecule has 0 saturated heterocycles. The SMILES string of the molecule is O=C(O)/C=C(\C(=O)O)C1CCCCC1.[Cd]. The zero-order valence-corrected chi connectivity index (χ0v) is 12.6. The first-order valence-corrected chi connectivity index (χ1v) is 4.79. The number of carboxylic acids is 2. The Balaban J connectivity index is 0.00000196. The molecule has 0 amide bonds. The smallest absolute Gasteiger partial charge is 0.332 e. The molecular weight excluding hydrogens is 297 g/mol. The van der Waals surface area contributed by atoms with E-state index in [1.807, 2.05) is 0 Å². The topological polar surface area (TPSA) is 74.6 Å². The fraction of sp³-hybridized carbons (Fsp3) is 0.600. The van der Waals surface area contributed by atoms with Crippen LogP contribution in [0.4, 0.5) is 0 Å². The van der Waals surface area contributed by atoms with Crippen molar-refractivity contribution in [1.82, 2.24) is 0 Å². The van der Waals surface area contributed by atoms with Crippen LogP contribution in [0.25, 0.3) is 0 Å². The van der Waals surface area contributed by atoms with Crippen LogP contribution >= 0.6 is 0 Å². The Hall–Kier alpha value is -0.398. The van der Waals surface area contributed by atoms with E-state index in [4.69, 9.17) is 10.2 Å². The van der Waals surface area contributed by atoms with Gasteiger partial charge in [0.2, 0.25) is 0 Å². The van der Waals surface area contributed by atoms with Crippen LogP contribution < -0.4 is 0 Å². The van der Waals surface area contributed by atoms with Gasteiger partial charge in [-0.1, -0.05) is 19.3 Å². The zero-order chi connectivity index (χ0) is 10.6. The molecule has 4 nitrogen and oxygen atoms in total. The monoisotopic (exact) mass is 312 g/mol. The Labute approximate surface area is 109 Å². The van der Waals surface area contributed by atoms with E-state index in [-0.39, 0.29) is 38.8 Å². The predicted octanol–water partition coefficient (Wildman–Crippen LogP) is 1.66. The Morgan fingerprint density at radius 2 is 1.60 bits per heavy atom. The first kappa shape index (κ1) is 14.6. The molecule has 0 unspecified atom stereocenters. The van der Waals surface area contributed by atoms with Crippen LogP contribution in [-0.4, -0.2) is 22.2 Å². The van der Waals surface area contributed by atoms with Gasteiger partial charge in [-0.15, -0.1) is 0 Å². The van der Waals surface area contributed by atoms with Gasteiger partial charge in [-0.2, -0.15) is 0 Å². The normalized spacial score (nSPS) is 18.0. The summed E-state index contributed by atoms with van der Waals surface area (Å²) in [5.74, 6) is -2.34. The van der Waals surface area contributed by atoms with Gasteiger partial charge < -0.3 is 10.2 Å². The molecule has 0 spiro atoms. The van der Waals surface area contributed by atoms with Gasteiger partial charge in [0.15, 0.2) is 0 Å². The van der Waals surface area contributed by atoms with E-state index in [1.54, 1.807) is 0 Å². The molecular formula is C10H14CdO4. The van der Waals surface area contributed by atoms with Crippen LogP contribution in [0.5, 0.6) is 0 Å². The predicted molar refractivity (Wildman–Crippen MR) is 49.9 cm³/mol. The second-order valence-corrected chi connectivity index (χ2v) is 3.58. The average molecular weight is 311 g/mol. The summed E-state index contributed by atoms with van der Waals surface area (Å²) in [5, 5.41) is 17.4. The van der Waals surface area contributed by atoms with Crippen molar-refractivity contribution in [2.75, 3.05) is 0 Å². The third-order valence-corrected chi connectivity index (χ3v) is 2.57. The van der Waals surface area contributed by atoms with Crippen molar-refractivity contribution < 1.29 is 47.1 Å². The van der Waals surface area contributed by atoms with Crippen molar-refractivity contribution in [2.24, 2.45) is 5.92 Å². The van der Waals surface area contributed by atoms with Gasteiger partial charge in [-0.25, -0.2) is 9.59 Å². The third kappa shape index (κ3) is 4.77. The van der Waals surface area contributed by atoms with Gasteiger partial charge in [-0.3, -0.25) is 0 Å². The van der Waals surface area contributed by atoms with Gasteiger partial charge in [-0.05, 0) is 18.8 Å². The van der Waals surface area contributed by atoms with E-state index >= 15 is 0 Å². The molecule has 80 valence electrons. The minimum Gasteiger partial charge on any atom is -0.478 e. The standard InChI is InChI=1S/C10H14O4.Cd/c11-9(12)6-8(10(13)14)7-4-2-1-3-5-7;/h6-7H,1-5H2,(H,11,12)(H,13,14);/b8-6-;. The molecule has 0 atom stereocenters. The van der Waals surface area contributed by atoms with E-state index in [1.165, 1.54) is 0 Å². The molecule has 0 aromatic rings. The summed E-state index contributed by atoms with van der Waals surface area (Å²) in [5.41, 5.74) is 0.0530. The fourth-order valence-electron chi connectivity index (χ4n) is 1.90. The summed E-state index contributed by atoms with van der Waals surface area (Å²) in [6.07, 6.45) is 5.54. The second-order valence-electron chi connectivity index (χ2n) is 3.58. The molecule has 5 heteroatoms. The molecule has 0 aromatic heterocycles. The molecule has 1 fully saturated rings. The average Bonchev–Trinajstić information content (AvgIpc) is 2.15. The molecule has 1 aliphatic rings. The summed E-state index contributed by atoms with van der Waals surface area (Å²) in [6, 6.07) is 0. The summed E-state index contributed by atoms with van der Waals surface area (Å²) in [4.78, 5) is 21.2. The van der Waals surface area contributed by atoms with Crippen LogP contribution in [0.2, 0.25) is 0 Å². The summed E-state index contributed by atoms with van der Waals surface area (Å²) in [6.45, 7) is 0.